The normalized spacial score (nSPS) is 15.9. The second-order valence-corrected chi connectivity index (χ2v) is 16.1. The number of unbranched alkanes of at least 4 members (excludes halogenated alkanes) is 1. The Morgan fingerprint density at radius 3 is 2.14 bits per heavy atom. The molecule has 2 aliphatic heterocycles. The van der Waals surface area contributed by atoms with Gasteiger partial charge in [-0.3, -0.25) is 14.5 Å². The Labute approximate surface area is 216 Å². The molecule has 0 saturated carbocycles. The second kappa shape index (κ2) is 10.1. The quantitative estimate of drug-likeness (QED) is 0.230. The molecule has 36 heavy (non-hydrogen) atoms. The smallest absolute Gasteiger partial charge is 0.261 e. The number of benzene rings is 2. The summed E-state index contributed by atoms with van der Waals surface area (Å²) in [5.74, 6) is 0.636. The number of carbonyl (C=O) groups is 2. The Morgan fingerprint density at radius 1 is 0.917 bits per heavy atom. The van der Waals surface area contributed by atoms with Crippen molar-refractivity contribution in [3.8, 4) is 5.75 Å². The molecule has 0 saturated heterocycles. The van der Waals surface area contributed by atoms with Crippen molar-refractivity contribution < 1.29 is 14.0 Å². The van der Waals surface area contributed by atoms with Crippen LogP contribution >= 0.6 is 0 Å². The molecule has 0 fully saturated rings. The number of hydrogen-bond donors (Lipinski definition) is 0. The lowest BCUT2D eigenvalue weighted by Gasteiger charge is -2.37. The highest BCUT2D eigenvalue weighted by atomic mass is 28.4. The number of rotatable bonds is 8. The number of imide groups is 1. The standard InChI is InChI=1S/C30H38N2O3Si/c1-22-13-14-24(27(21-22)35-36(5,6)30(2,3)4)23-15-19-31(20-16-23)17-9-10-18-32-28(33)25-11-7-8-12-26(25)29(32)34/h7-8,11-16,19,21H,9-10,17-18,20H2,1-6H3. The average Bonchev–Trinajstić information content (AvgIpc) is 3.06. The minimum absolute atomic E-state index is 0.134. The lowest BCUT2D eigenvalue weighted by atomic mass is 10.0. The number of nitrogens with zero attached hydrogens (tertiary/aromatic N) is 2. The van der Waals surface area contributed by atoms with Crippen LogP contribution in [0.5, 0.6) is 5.75 Å². The molecule has 2 amide bonds. The van der Waals surface area contributed by atoms with Gasteiger partial charge in [-0.2, -0.15) is 0 Å². The Hall–Kier alpha value is -3.12. The van der Waals surface area contributed by atoms with Crippen LogP contribution in [0.2, 0.25) is 18.1 Å². The lowest BCUT2D eigenvalue weighted by Crippen LogP contribution is -2.44. The number of carbonyl (C=O) groups excluding carboxylic acids is 2. The summed E-state index contributed by atoms with van der Waals surface area (Å²) >= 11 is 0. The first kappa shape index (κ1) is 26.0. The van der Waals surface area contributed by atoms with Gasteiger partial charge in [0.05, 0.1) is 11.1 Å². The van der Waals surface area contributed by atoms with Gasteiger partial charge in [0.25, 0.3) is 20.1 Å². The van der Waals surface area contributed by atoms with Gasteiger partial charge < -0.3 is 9.33 Å². The predicted molar refractivity (Wildman–Crippen MR) is 149 cm³/mol. The van der Waals surface area contributed by atoms with Gasteiger partial charge >= 0.3 is 0 Å². The van der Waals surface area contributed by atoms with Crippen LogP contribution in [0.1, 0.15) is 65.5 Å². The summed E-state index contributed by atoms with van der Waals surface area (Å²) in [6.45, 7) is 15.6. The molecule has 6 heteroatoms. The largest absolute Gasteiger partial charge is 0.543 e. The molecule has 0 aliphatic carbocycles. The van der Waals surface area contributed by atoms with Gasteiger partial charge in [-0.05, 0) is 79.5 Å². The summed E-state index contributed by atoms with van der Waals surface area (Å²) in [7, 11) is -1.95. The fraction of sp³-hybridized carbons (Fsp3) is 0.400. The third kappa shape index (κ3) is 5.33. The summed E-state index contributed by atoms with van der Waals surface area (Å²) in [6, 6.07) is 13.5. The highest BCUT2D eigenvalue weighted by Gasteiger charge is 2.39. The van der Waals surface area contributed by atoms with Crippen LogP contribution < -0.4 is 4.43 Å². The molecule has 0 N–H and O–H groups in total. The Kier molecular flexibility index (Phi) is 7.28. The number of aryl methyl sites for hydroxylation is 1. The molecule has 2 heterocycles. The van der Waals surface area contributed by atoms with Crippen molar-refractivity contribution in [3.63, 3.8) is 0 Å². The Bertz CT molecular complexity index is 1190. The van der Waals surface area contributed by atoms with E-state index in [0.717, 1.165) is 37.2 Å². The van der Waals surface area contributed by atoms with Crippen molar-refractivity contribution in [1.82, 2.24) is 9.80 Å². The van der Waals surface area contributed by atoms with E-state index in [0.29, 0.717) is 17.7 Å². The second-order valence-electron chi connectivity index (χ2n) is 11.3. The van der Waals surface area contributed by atoms with E-state index in [1.54, 1.807) is 24.3 Å². The maximum Gasteiger partial charge on any atom is 0.261 e. The summed E-state index contributed by atoms with van der Waals surface area (Å²) in [5, 5.41) is 0.134. The first-order valence-electron chi connectivity index (χ1n) is 12.9. The van der Waals surface area contributed by atoms with Crippen LogP contribution in [0.25, 0.3) is 5.57 Å². The van der Waals surface area contributed by atoms with Crippen molar-refractivity contribution in [1.29, 1.82) is 0 Å². The van der Waals surface area contributed by atoms with Crippen LogP contribution in [0.3, 0.4) is 0 Å². The molecule has 0 bridgehead atoms. The fourth-order valence-electron chi connectivity index (χ4n) is 4.30. The molecule has 0 unspecified atom stereocenters. The lowest BCUT2D eigenvalue weighted by molar-refractivity contribution is 0.0651. The zero-order valence-electron chi connectivity index (χ0n) is 22.4. The van der Waals surface area contributed by atoms with Crippen LogP contribution in [0, 0.1) is 6.92 Å². The van der Waals surface area contributed by atoms with Gasteiger partial charge in [-0.25, -0.2) is 0 Å². The first-order chi connectivity index (χ1) is 17.0. The van der Waals surface area contributed by atoms with E-state index >= 15 is 0 Å². The molecule has 4 rings (SSSR count). The average molecular weight is 503 g/mol. The van der Waals surface area contributed by atoms with E-state index in [-0.39, 0.29) is 16.9 Å². The SMILES string of the molecule is Cc1ccc(C2=CCN(CCCCN3C(=O)c4ccccc4C3=O)C=C2)c(O[Si](C)(C)C(C)(C)C)c1. The maximum absolute atomic E-state index is 12.5. The summed E-state index contributed by atoms with van der Waals surface area (Å²) in [5.41, 5.74) is 4.57. The van der Waals surface area contributed by atoms with Crippen molar-refractivity contribution in [2.75, 3.05) is 19.6 Å². The molecule has 2 aliphatic rings. The van der Waals surface area contributed by atoms with Crippen molar-refractivity contribution in [3.05, 3.63) is 83.1 Å². The van der Waals surface area contributed by atoms with Crippen molar-refractivity contribution in [2.24, 2.45) is 0 Å². The number of fused-ring (bicyclic) bond motifs is 1. The predicted octanol–water partition coefficient (Wildman–Crippen LogP) is 6.67. The molecule has 190 valence electrons. The zero-order chi connectivity index (χ0) is 26.1. The Morgan fingerprint density at radius 2 is 1.56 bits per heavy atom. The monoisotopic (exact) mass is 502 g/mol. The molecular formula is C30H38N2O3Si. The van der Waals surface area contributed by atoms with Crippen LogP contribution in [-0.2, 0) is 0 Å². The van der Waals surface area contributed by atoms with Crippen molar-refractivity contribution in [2.45, 2.75) is 58.7 Å². The first-order valence-corrected chi connectivity index (χ1v) is 15.8. The minimum atomic E-state index is -1.95. The van der Waals surface area contributed by atoms with Gasteiger partial charge in [-0.1, -0.05) is 51.1 Å². The van der Waals surface area contributed by atoms with Gasteiger partial charge in [0.1, 0.15) is 5.75 Å². The Balaban J connectivity index is 1.32. The van der Waals surface area contributed by atoms with E-state index in [4.69, 9.17) is 4.43 Å². The van der Waals surface area contributed by atoms with E-state index < -0.39 is 8.32 Å². The summed E-state index contributed by atoms with van der Waals surface area (Å²) < 4.78 is 6.72. The third-order valence-corrected chi connectivity index (χ3v) is 11.9. The van der Waals surface area contributed by atoms with E-state index in [1.807, 2.05) is 0 Å². The highest BCUT2D eigenvalue weighted by molar-refractivity contribution is 6.74. The van der Waals surface area contributed by atoms with E-state index in [1.165, 1.54) is 16.0 Å². The molecule has 0 aromatic heterocycles. The minimum Gasteiger partial charge on any atom is -0.543 e. The van der Waals surface area contributed by atoms with Gasteiger partial charge in [0, 0.05) is 25.2 Å². The summed E-state index contributed by atoms with van der Waals surface area (Å²) in [4.78, 5) is 28.7. The van der Waals surface area contributed by atoms with Crippen LogP contribution in [0.15, 0.2) is 60.8 Å². The molecule has 0 radical (unpaired) electrons. The maximum atomic E-state index is 12.5. The fourth-order valence-corrected chi connectivity index (χ4v) is 5.33. The van der Waals surface area contributed by atoms with Crippen LogP contribution in [0.4, 0.5) is 0 Å². The van der Waals surface area contributed by atoms with Gasteiger partial charge in [0.15, 0.2) is 0 Å². The molecule has 5 nitrogen and oxygen atoms in total. The van der Waals surface area contributed by atoms with Crippen LogP contribution in [-0.4, -0.2) is 49.6 Å². The van der Waals surface area contributed by atoms with E-state index in [9.17, 15) is 9.59 Å². The topological polar surface area (TPSA) is 49.9 Å². The molecule has 0 spiro atoms. The third-order valence-electron chi connectivity index (χ3n) is 7.59. The zero-order valence-corrected chi connectivity index (χ0v) is 23.4. The molecular weight excluding hydrogens is 464 g/mol. The summed E-state index contributed by atoms with van der Waals surface area (Å²) in [6.07, 6.45) is 8.26. The van der Waals surface area contributed by atoms with Crippen molar-refractivity contribution >= 4 is 25.7 Å². The highest BCUT2D eigenvalue weighted by Crippen LogP contribution is 2.40. The van der Waals surface area contributed by atoms with Gasteiger partial charge in [-0.15, -0.1) is 0 Å². The number of hydrogen-bond acceptors (Lipinski definition) is 4. The molecule has 2 aromatic rings. The van der Waals surface area contributed by atoms with Gasteiger partial charge in [0.2, 0.25) is 0 Å². The molecule has 0 atom stereocenters. The number of allylic oxidation sites excluding steroid dienone is 2. The molecule has 2 aromatic carbocycles. The number of amides is 2. The van der Waals surface area contributed by atoms with E-state index in [2.05, 4.69) is 82.2 Å².